The summed E-state index contributed by atoms with van der Waals surface area (Å²) in [6.07, 6.45) is 5.28. The molecule has 1 aromatic rings. The van der Waals surface area contributed by atoms with Gasteiger partial charge in [0.05, 0.1) is 6.54 Å². The van der Waals surface area contributed by atoms with Crippen LogP contribution in [0.5, 0.6) is 0 Å². The van der Waals surface area contributed by atoms with E-state index in [-0.39, 0.29) is 12.5 Å². The van der Waals surface area contributed by atoms with Gasteiger partial charge in [-0.15, -0.1) is 10.2 Å². The topological polar surface area (TPSA) is 70.5 Å². The van der Waals surface area contributed by atoms with Crippen LogP contribution in [0.1, 0.15) is 61.8 Å². The van der Waals surface area contributed by atoms with Crippen LogP contribution in [-0.2, 0) is 6.42 Å². The number of amides is 1. The first-order valence-corrected chi connectivity index (χ1v) is 9.46. The minimum absolute atomic E-state index is 0.202. The minimum Gasteiger partial charge on any atom is -0.350 e. The van der Waals surface area contributed by atoms with E-state index in [0.717, 1.165) is 18.4 Å². The van der Waals surface area contributed by atoms with Gasteiger partial charge in [-0.25, -0.2) is 4.39 Å². The number of allylic oxidation sites excluding steroid dienone is 1. The fourth-order valence-corrected chi connectivity index (χ4v) is 2.75. The van der Waals surface area contributed by atoms with E-state index in [1.165, 1.54) is 11.3 Å². The summed E-state index contributed by atoms with van der Waals surface area (Å²) in [5.74, 6) is -0.233. The SMILES string of the molecule is CCC/C=N/N(C=C(C)C)CC(F)CCc1nnc(C(=O)NCC)s1. The van der Waals surface area contributed by atoms with E-state index in [1.807, 2.05) is 33.2 Å². The summed E-state index contributed by atoms with van der Waals surface area (Å²) in [4.78, 5) is 11.7. The van der Waals surface area contributed by atoms with Crippen molar-refractivity contribution >= 4 is 23.5 Å². The number of halogens is 1. The Morgan fingerprint density at radius 2 is 2.16 bits per heavy atom. The highest BCUT2D eigenvalue weighted by Crippen LogP contribution is 2.14. The molecule has 0 fully saturated rings. The van der Waals surface area contributed by atoms with Crippen LogP contribution in [0.15, 0.2) is 16.9 Å². The molecule has 1 heterocycles. The first-order valence-electron chi connectivity index (χ1n) is 8.65. The number of carbonyl (C=O) groups excluding carboxylic acids is 1. The largest absolute Gasteiger partial charge is 0.350 e. The highest BCUT2D eigenvalue weighted by atomic mass is 32.1. The highest BCUT2D eigenvalue weighted by Gasteiger charge is 2.15. The average Bonchev–Trinajstić information content (AvgIpc) is 3.02. The molecule has 0 aliphatic rings. The fraction of sp³-hybridized carbons (Fsp3) is 0.647. The second-order valence-corrected chi connectivity index (χ2v) is 6.97. The molecule has 1 aromatic heterocycles. The maximum Gasteiger partial charge on any atom is 0.282 e. The second kappa shape index (κ2) is 11.7. The van der Waals surface area contributed by atoms with Crippen LogP contribution in [0.2, 0.25) is 0 Å². The van der Waals surface area contributed by atoms with E-state index in [0.29, 0.717) is 29.4 Å². The van der Waals surface area contributed by atoms with Crippen molar-refractivity contribution in [2.75, 3.05) is 13.1 Å². The maximum atomic E-state index is 14.3. The molecule has 0 radical (unpaired) electrons. The Bertz CT molecular complexity index is 583. The molecule has 1 atom stereocenters. The van der Waals surface area contributed by atoms with Crippen molar-refractivity contribution in [1.82, 2.24) is 20.5 Å². The summed E-state index contributed by atoms with van der Waals surface area (Å²) in [6.45, 7) is 8.58. The second-order valence-electron chi connectivity index (χ2n) is 5.91. The number of alkyl halides is 1. The maximum absolute atomic E-state index is 14.3. The summed E-state index contributed by atoms with van der Waals surface area (Å²) in [5, 5.41) is 17.4. The van der Waals surface area contributed by atoms with Crippen molar-refractivity contribution in [1.29, 1.82) is 0 Å². The van der Waals surface area contributed by atoms with Crippen molar-refractivity contribution in [3.05, 3.63) is 21.8 Å². The van der Waals surface area contributed by atoms with Gasteiger partial charge in [-0.1, -0.05) is 30.3 Å². The Balaban J connectivity index is 2.52. The van der Waals surface area contributed by atoms with Crippen molar-refractivity contribution in [2.24, 2.45) is 5.10 Å². The Morgan fingerprint density at radius 3 is 2.80 bits per heavy atom. The third-order valence-corrected chi connectivity index (χ3v) is 4.09. The molecule has 0 saturated heterocycles. The number of rotatable bonds is 11. The first kappa shape index (κ1) is 21.2. The van der Waals surface area contributed by atoms with E-state index < -0.39 is 6.17 Å². The van der Waals surface area contributed by atoms with Crippen molar-refractivity contribution in [3.8, 4) is 0 Å². The first-order chi connectivity index (χ1) is 12.0. The van der Waals surface area contributed by atoms with Gasteiger partial charge in [-0.05, 0) is 33.6 Å². The molecule has 140 valence electrons. The summed E-state index contributed by atoms with van der Waals surface area (Å²) in [6, 6.07) is 0. The molecular formula is C17H28FN5OS. The number of nitrogens with zero attached hydrogens (tertiary/aromatic N) is 4. The standard InChI is InChI=1S/C17H28FN5OS/c1-5-7-10-20-23(11-13(3)4)12-14(18)8-9-15-21-22-17(25-15)16(24)19-6-2/h10-11,14H,5-9,12H2,1-4H3,(H,19,24)/b20-10+. The van der Waals surface area contributed by atoms with Crippen LogP contribution in [0.4, 0.5) is 4.39 Å². The predicted octanol–water partition coefficient (Wildman–Crippen LogP) is 3.57. The molecule has 1 N–H and O–H groups in total. The zero-order valence-corrected chi connectivity index (χ0v) is 16.3. The normalized spacial score (nSPS) is 12.2. The lowest BCUT2D eigenvalue weighted by Gasteiger charge is -2.17. The van der Waals surface area contributed by atoms with Crippen LogP contribution in [0, 0.1) is 0 Å². The van der Waals surface area contributed by atoms with Gasteiger partial charge in [0, 0.05) is 25.4 Å². The van der Waals surface area contributed by atoms with E-state index >= 15 is 0 Å². The van der Waals surface area contributed by atoms with Crippen LogP contribution < -0.4 is 5.32 Å². The molecular weight excluding hydrogens is 341 g/mol. The van der Waals surface area contributed by atoms with Crippen LogP contribution in [0.3, 0.4) is 0 Å². The molecule has 1 unspecified atom stereocenters. The van der Waals surface area contributed by atoms with Gasteiger partial charge in [-0.3, -0.25) is 9.80 Å². The third kappa shape index (κ3) is 8.72. The molecule has 25 heavy (non-hydrogen) atoms. The van der Waals surface area contributed by atoms with Crippen molar-refractivity contribution in [2.45, 2.75) is 59.5 Å². The summed E-state index contributed by atoms with van der Waals surface area (Å²) in [7, 11) is 0. The Labute approximate surface area is 153 Å². The minimum atomic E-state index is -1.04. The molecule has 0 saturated carbocycles. The number of carbonyl (C=O) groups is 1. The lowest BCUT2D eigenvalue weighted by atomic mass is 10.2. The number of hydrogen-bond donors (Lipinski definition) is 1. The molecule has 0 bridgehead atoms. The lowest BCUT2D eigenvalue weighted by molar-refractivity contribution is 0.0954. The van der Waals surface area contributed by atoms with Gasteiger partial charge in [0.1, 0.15) is 11.2 Å². The monoisotopic (exact) mass is 369 g/mol. The summed E-state index contributed by atoms with van der Waals surface area (Å²) < 4.78 is 14.3. The van der Waals surface area contributed by atoms with Gasteiger partial charge in [0.15, 0.2) is 0 Å². The quantitative estimate of drug-likeness (QED) is 0.478. The molecule has 1 rings (SSSR count). The Morgan fingerprint density at radius 1 is 1.40 bits per heavy atom. The van der Waals surface area contributed by atoms with Crippen molar-refractivity contribution in [3.63, 3.8) is 0 Å². The zero-order chi connectivity index (χ0) is 18.7. The van der Waals surface area contributed by atoms with Crippen LogP contribution in [0.25, 0.3) is 0 Å². The number of hydrazone groups is 1. The fourth-order valence-electron chi connectivity index (χ4n) is 1.98. The van der Waals surface area contributed by atoms with Gasteiger partial charge in [-0.2, -0.15) is 5.10 Å². The number of nitrogens with one attached hydrogen (secondary N) is 1. The molecule has 0 aliphatic carbocycles. The molecule has 1 amide bonds. The summed E-state index contributed by atoms with van der Waals surface area (Å²) >= 11 is 1.21. The molecule has 0 aromatic carbocycles. The van der Waals surface area contributed by atoms with E-state index in [9.17, 15) is 9.18 Å². The van der Waals surface area contributed by atoms with Gasteiger partial charge >= 0.3 is 0 Å². The van der Waals surface area contributed by atoms with E-state index in [2.05, 4.69) is 27.5 Å². The van der Waals surface area contributed by atoms with Gasteiger partial charge in [0.25, 0.3) is 5.91 Å². The number of aromatic nitrogens is 2. The lowest BCUT2D eigenvalue weighted by Crippen LogP contribution is -2.22. The average molecular weight is 370 g/mol. The number of unbranched alkanes of at least 4 members (excludes halogenated alkanes) is 1. The van der Waals surface area contributed by atoms with E-state index in [4.69, 9.17) is 0 Å². The van der Waals surface area contributed by atoms with E-state index in [1.54, 1.807) is 5.01 Å². The summed E-state index contributed by atoms with van der Waals surface area (Å²) in [5.41, 5.74) is 1.07. The smallest absolute Gasteiger partial charge is 0.282 e. The highest BCUT2D eigenvalue weighted by molar-refractivity contribution is 7.13. The molecule has 6 nitrogen and oxygen atoms in total. The third-order valence-electron chi connectivity index (χ3n) is 3.11. The van der Waals surface area contributed by atoms with Crippen LogP contribution >= 0.6 is 11.3 Å². The molecule has 0 aliphatic heterocycles. The zero-order valence-electron chi connectivity index (χ0n) is 15.5. The Kier molecular flexibility index (Phi) is 9.91. The van der Waals surface area contributed by atoms with Crippen molar-refractivity contribution < 1.29 is 9.18 Å². The predicted molar refractivity (Wildman–Crippen MR) is 101 cm³/mol. The Hall–Kier alpha value is -1.83. The molecule has 0 spiro atoms. The van der Waals surface area contributed by atoms with Gasteiger partial charge in [0.2, 0.25) is 5.01 Å². The van der Waals surface area contributed by atoms with Crippen LogP contribution in [-0.4, -0.2) is 46.6 Å². The van der Waals surface area contributed by atoms with Gasteiger partial charge < -0.3 is 5.32 Å². The number of aryl methyl sites for hydroxylation is 1. The number of hydrogen-bond acceptors (Lipinski definition) is 6. The molecule has 8 heteroatoms.